The summed E-state index contributed by atoms with van der Waals surface area (Å²) in [5.41, 5.74) is 12.9. The number of Topliss-reactive ketones (excluding diaryl/α,β-unsaturated/α-hetero) is 1. The fraction of sp³-hybridized carbons (Fsp3) is 0.364. The lowest BCUT2D eigenvalue weighted by Gasteiger charge is -2.28. The number of unbranched alkanes of at least 4 members (excludes halogenated alkanes) is 2. The number of nitrogens with two attached hydrogens (primary N) is 1. The number of nitrogens with one attached hydrogen (secondary N) is 4. The molecule has 390 valence electrons. The van der Waals surface area contributed by atoms with Crippen LogP contribution in [0.3, 0.4) is 0 Å². The van der Waals surface area contributed by atoms with Crippen LogP contribution >= 0.6 is 0 Å². The molecule has 5 heterocycles. The molecule has 75 heavy (non-hydrogen) atoms. The van der Waals surface area contributed by atoms with Crippen LogP contribution in [0.25, 0.3) is 28.3 Å². The summed E-state index contributed by atoms with van der Waals surface area (Å²) in [4.78, 5) is 111. The van der Waals surface area contributed by atoms with E-state index in [4.69, 9.17) is 20.4 Å². The number of imidazole rings is 1. The first-order valence-corrected chi connectivity index (χ1v) is 25.3. The number of carbonyl (C=O) groups is 7. The highest BCUT2D eigenvalue weighted by atomic mass is 16.6. The number of aryl methyl sites for hydroxylation is 2. The van der Waals surface area contributed by atoms with E-state index in [1.165, 1.54) is 18.5 Å². The predicted molar refractivity (Wildman–Crippen MR) is 278 cm³/mol. The van der Waals surface area contributed by atoms with Gasteiger partial charge in [0.05, 0.1) is 35.7 Å². The van der Waals surface area contributed by atoms with Gasteiger partial charge in [-0.1, -0.05) is 62.7 Å². The number of anilines is 1. The molecular formula is C55H62N12O8. The monoisotopic (exact) mass is 1020 g/mol. The van der Waals surface area contributed by atoms with E-state index < -0.39 is 30.0 Å². The lowest BCUT2D eigenvalue weighted by Crippen LogP contribution is -2.45. The molecule has 2 aliphatic rings. The Morgan fingerprint density at radius 2 is 1.71 bits per heavy atom. The van der Waals surface area contributed by atoms with E-state index in [0.717, 1.165) is 33.7 Å². The van der Waals surface area contributed by atoms with Gasteiger partial charge in [-0.25, -0.2) is 24.1 Å². The zero-order chi connectivity index (χ0) is 53.0. The van der Waals surface area contributed by atoms with Crippen LogP contribution in [0.1, 0.15) is 99.5 Å². The van der Waals surface area contributed by atoms with Crippen LogP contribution < -0.4 is 21.7 Å². The summed E-state index contributed by atoms with van der Waals surface area (Å²) < 4.78 is 7.72. The van der Waals surface area contributed by atoms with Gasteiger partial charge in [-0.3, -0.25) is 38.8 Å². The Morgan fingerprint density at radius 3 is 2.47 bits per heavy atom. The summed E-state index contributed by atoms with van der Waals surface area (Å²) in [6.45, 7) is 6.06. The first-order chi connectivity index (χ1) is 36.2. The van der Waals surface area contributed by atoms with E-state index >= 15 is 0 Å². The zero-order valence-electron chi connectivity index (χ0n) is 42.3. The number of aromatic nitrogens is 6. The molecule has 0 unspecified atom stereocenters. The predicted octanol–water partition coefficient (Wildman–Crippen LogP) is 6.90. The standard InChI is InChI=1S/C55H62N12O8/c1-34(2)50(64-47(69)16-5-4-8-27-65-48(70)23-24-49(65)71)44(68)29-39(13-10-26-57-54(56)73)53(72)61-40-20-17-36(18-21-40)32-75-55(74)66(43-22-19-37-12-6-7-14-41(37)43)31-45-62-51(38-25-28-67-46(30-38)58-33-59-67)52(63-45)42-15-9-11-35(3)60-42/h6-7,9,11-12,14-15,17-18,20-21,23-25,28,30,33-34,39,43,50H,4-5,8,10,13,16,19,22,26-27,29,31-32H2,1-3H3,(H,61,72)(H,62,63)(H,64,69)(H3,56,57,73)/t39-,43+,50+/m1/s1. The van der Waals surface area contributed by atoms with Crippen molar-refractivity contribution in [1.82, 2.24) is 50.0 Å². The molecule has 6 N–H and O–H groups in total. The Hall–Kier alpha value is -8.55. The van der Waals surface area contributed by atoms with Crippen LogP contribution in [0.15, 0.2) is 104 Å². The van der Waals surface area contributed by atoms with E-state index in [0.29, 0.717) is 71.9 Å². The average Bonchev–Trinajstić information content (AvgIpc) is 4.22. The number of rotatable bonds is 24. The van der Waals surface area contributed by atoms with Gasteiger partial charge in [0.25, 0.3) is 11.8 Å². The van der Waals surface area contributed by atoms with Gasteiger partial charge in [0.15, 0.2) is 11.4 Å². The van der Waals surface area contributed by atoms with E-state index in [1.807, 2.05) is 75.5 Å². The molecule has 1 aliphatic carbocycles. The largest absolute Gasteiger partial charge is 0.445 e. The van der Waals surface area contributed by atoms with Gasteiger partial charge >= 0.3 is 12.1 Å². The number of pyridine rings is 2. The topological polar surface area (TPSA) is 269 Å². The summed E-state index contributed by atoms with van der Waals surface area (Å²) in [7, 11) is 0. The third-order valence-electron chi connectivity index (χ3n) is 13.4. The van der Waals surface area contributed by atoms with Gasteiger partial charge in [0.1, 0.15) is 18.8 Å². The van der Waals surface area contributed by atoms with Crippen molar-refractivity contribution in [3.63, 3.8) is 0 Å². The first kappa shape index (κ1) is 52.8. The second-order valence-corrected chi connectivity index (χ2v) is 19.2. The molecule has 0 saturated carbocycles. The van der Waals surface area contributed by atoms with E-state index in [2.05, 4.69) is 37.1 Å². The molecule has 2 aromatic carbocycles. The number of ketones is 1. The Bertz CT molecular complexity index is 3070. The SMILES string of the molecule is Cc1cccc(-c2[nH]c(CN(C(=O)OCc3ccc(NC(=O)[C@H](CCCNC(N)=O)CC(=O)[C@@H](NC(=O)CCCCCN4C(=O)C=CC4=O)C(C)C)cc3)[C@H]3CCc4ccccc43)nc2-c2ccn3ncnc3c2)n1. The number of aromatic amines is 1. The highest BCUT2D eigenvalue weighted by Crippen LogP contribution is 2.38. The van der Waals surface area contributed by atoms with Crippen molar-refractivity contribution in [3.05, 3.63) is 132 Å². The van der Waals surface area contributed by atoms with Crippen molar-refractivity contribution in [2.24, 2.45) is 17.6 Å². The molecule has 20 nitrogen and oxygen atoms in total. The van der Waals surface area contributed by atoms with E-state index in [-0.39, 0.29) is 81.0 Å². The van der Waals surface area contributed by atoms with Crippen LogP contribution in [0.5, 0.6) is 0 Å². The van der Waals surface area contributed by atoms with Gasteiger partial charge in [-0.05, 0) is 104 Å². The molecular weight excluding hydrogens is 957 g/mol. The minimum absolute atomic E-state index is 0.0667. The minimum Gasteiger partial charge on any atom is -0.445 e. The summed E-state index contributed by atoms with van der Waals surface area (Å²) in [5.74, 6) is -2.29. The second kappa shape index (κ2) is 24.4. The van der Waals surface area contributed by atoms with Crippen LogP contribution in [-0.4, -0.2) is 100 Å². The van der Waals surface area contributed by atoms with Gasteiger partial charge in [0, 0.05) is 67.1 Å². The van der Waals surface area contributed by atoms with Gasteiger partial charge in [-0.2, -0.15) is 5.10 Å². The Kier molecular flexibility index (Phi) is 17.2. The minimum atomic E-state index is -0.852. The Balaban J connectivity index is 0.914. The number of amides is 7. The normalized spacial score (nSPS) is 14.7. The van der Waals surface area contributed by atoms with Crippen LogP contribution in [0, 0.1) is 18.8 Å². The zero-order valence-corrected chi connectivity index (χ0v) is 42.3. The molecule has 7 amide bonds. The van der Waals surface area contributed by atoms with E-state index in [1.54, 1.807) is 33.7 Å². The first-order valence-electron chi connectivity index (χ1n) is 25.3. The summed E-state index contributed by atoms with van der Waals surface area (Å²) in [5, 5.41) is 12.5. The quantitative estimate of drug-likeness (QED) is 0.0306. The van der Waals surface area contributed by atoms with Crippen molar-refractivity contribution in [1.29, 1.82) is 0 Å². The number of H-pyrrole nitrogens is 1. The number of ether oxygens (including phenoxy) is 1. The van der Waals surface area contributed by atoms with Gasteiger partial charge in [-0.15, -0.1) is 0 Å². The molecule has 8 rings (SSSR count). The number of imide groups is 1. The van der Waals surface area contributed by atoms with Crippen LogP contribution in [-0.2, 0) is 48.3 Å². The molecule has 6 aromatic rings. The third-order valence-corrected chi connectivity index (χ3v) is 13.4. The fourth-order valence-electron chi connectivity index (χ4n) is 9.52. The number of fused-ring (bicyclic) bond motifs is 2. The number of hydrogen-bond donors (Lipinski definition) is 5. The van der Waals surface area contributed by atoms with Gasteiger partial charge < -0.3 is 31.4 Å². The number of benzene rings is 2. The maximum atomic E-state index is 14.4. The molecule has 3 atom stereocenters. The summed E-state index contributed by atoms with van der Waals surface area (Å²) >= 11 is 0. The number of carbonyl (C=O) groups excluding carboxylic acids is 7. The molecule has 0 saturated heterocycles. The fourth-order valence-corrected chi connectivity index (χ4v) is 9.52. The molecule has 0 bridgehead atoms. The molecule has 20 heteroatoms. The van der Waals surface area contributed by atoms with E-state index in [9.17, 15) is 33.6 Å². The highest BCUT2D eigenvalue weighted by molar-refractivity contribution is 6.12. The number of hydrogen-bond acceptors (Lipinski definition) is 12. The average molecular weight is 1020 g/mol. The van der Waals surface area contributed by atoms with Crippen molar-refractivity contribution in [3.8, 4) is 22.6 Å². The van der Waals surface area contributed by atoms with Crippen molar-refractivity contribution in [2.75, 3.05) is 18.4 Å². The lowest BCUT2D eigenvalue weighted by molar-refractivity contribution is -0.137. The van der Waals surface area contributed by atoms with Crippen molar-refractivity contribution < 1.29 is 38.3 Å². The van der Waals surface area contributed by atoms with Crippen molar-refractivity contribution in [2.45, 2.75) is 104 Å². The number of urea groups is 1. The molecule has 0 spiro atoms. The van der Waals surface area contributed by atoms with Crippen LogP contribution in [0.2, 0.25) is 0 Å². The molecule has 4 aromatic heterocycles. The smallest absolute Gasteiger partial charge is 0.411 e. The number of primary amides is 1. The third kappa shape index (κ3) is 13.5. The van der Waals surface area contributed by atoms with Crippen molar-refractivity contribution >= 4 is 52.9 Å². The maximum Gasteiger partial charge on any atom is 0.411 e. The lowest BCUT2D eigenvalue weighted by atomic mass is 9.89. The van der Waals surface area contributed by atoms with Gasteiger partial charge in [0.2, 0.25) is 11.8 Å². The molecule has 1 aliphatic heterocycles. The summed E-state index contributed by atoms with van der Waals surface area (Å²) in [6.07, 6.45) is 8.94. The second-order valence-electron chi connectivity index (χ2n) is 19.2. The maximum absolute atomic E-state index is 14.4. The van der Waals surface area contributed by atoms with Crippen LogP contribution in [0.4, 0.5) is 15.3 Å². The Morgan fingerprint density at radius 1 is 0.920 bits per heavy atom. The highest BCUT2D eigenvalue weighted by Gasteiger charge is 2.34. The molecule has 0 fully saturated rings. The number of nitrogens with zero attached hydrogens (tertiary/aromatic N) is 7. The Labute approximate surface area is 433 Å². The molecule has 0 radical (unpaired) electrons. The summed E-state index contributed by atoms with van der Waals surface area (Å²) in [6, 6.07) is 22.7.